The van der Waals surface area contributed by atoms with Gasteiger partial charge in [0.05, 0.1) is 12.2 Å². The number of ether oxygens (including phenoxy) is 1. The van der Waals surface area contributed by atoms with E-state index in [0.29, 0.717) is 24.8 Å². The first-order valence-electron chi connectivity index (χ1n) is 8.82. The van der Waals surface area contributed by atoms with Crippen LogP contribution in [0.2, 0.25) is 0 Å². The van der Waals surface area contributed by atoms with Gasteiger partial charge in [-0.25, -0.2) is 9.78 Å². The van der Waals surface area contributed by atoms with E-state index in [-0.39, 0.29) is 18.2 Å². The van der Waals surface area contributed by atoms with Gasteiger partial charge in [-0.2, -0.15) is 5.10 Å². The second kappa shape index (κ2) is 6.48. The molecule has 0 radical (unpaired) electrons. The van der Waals surface area contributed by atoms with Crippen LogP contribution < -0.4 is 5.32 Å². The van der Waals surface area contributed by atoms with Crippen molar-refractivity contribution in [3.63, 3.8) is 0 Å². The summed E-state index contributed by atoms with van der Waals surface area (Å²) >= 11 is 0. The second-order valence-corrected chi connectivity index (χ2v) is 6.99. The molecule has 1 aliphatic carbocycles. The molecule has 0 spiro atoms. The van der Waals surface area contributed by atoms with Crippen molar-refractivity contribution in [3.05, 3.63) is 30.1 Å². The molecule has 7 nitrogen and oxygen atoms in total. The maximum absolute atomic E-state index is 12.5. The molecule has 132 valence electrons. The number of morpholine rings is 1. The maximum Gasteiger partial charge on any atom is 0.322 e. The number of hydrogen-bond donors (Lipinski definition) is 2. The Morgan fingerprint density at radius 3 is 2.76 bits per heavy atom. The highest BCUT2D eigenvalue weighted by Gasteiger charge is 2.28. The number of urea groups is 1. The standard InChI is InChI=1S/C18H23N5O2/c1-11-9-23(10-12(2)25-11)18(24)19-15-5-3-4-14(8-15)17-20-16(21-22-17)13-6-7-13/h3-5,8,11-13H,6-7,9-10H2,1-2H3,(H,19,24)(H,20,21,22)/t11-,12-/m0/s1. The van der Waals surface area contributed by atoms with Crippen LogP contribution in [0.3, 0.4) is 0 Å². The number of H-pyrrole nitrogens is 1. The molecule has 2 heterocycles. The Hall–Kier alpha value is -2.41. The van der Waals surface area contributed by atoms with E-state index in [1.54, 1.807) is 4.90 Å². The van der Waals surface area contributed by atoms with Crippen LogP contribution in [-0.2, 0) is 4.74 Å². The minimum absolute atomic E-state index is 0.0509. The zero-order chi connectivity index (χ0) is 17.4. The lowest BCUT2D eigenvalue weighted by Crippen LogP contribution is -2.49. The van der Waals surface area contributed by atoms with E-state index in [9.17, 15) is 4.79 Å². The number of carbonyl (C=O) groups is 1. The Morgan fingerprint density at radius 2 is 2.04 bits per heavy atom. The number of carbonyl (C=O) groups excluding carboxylic acids is 1. The molecule has 7 heteroatoms. The lowest BCUT2D eigenvalue weighted by molar-refractivity contribution is -0.0530. The fourth-order valence-electron chi connectivity index (χ4n) is 3.23. The van der Waals surface area contributed by atoms with Gasteiger partial charge < -0.3 is 15.0 Å². The predicted molar refractivity (Wildman–Crippen MR) is 94.4 cm³/mol. The first-order chi connectivity index (χ1) is 12.1. The molecule has 1 saturated heterocycles. The van der Waals surface area contributed by atoms with Gasteiger partial charge in [0, 0.05) is 30.3 Å². The molecule has 1 aliphatic heterocycles. The van der Waals surface area contributed by atoms with Gasteiger partial charge in [0.15, 0.2) is 5.82 Å². The van der Waals surface area contributed by atoms with E-state index < -0.39 is 0 Å². The molecule has 1 aromatic heterocycles. The Balaban J connectivity index is 1.46. The monoisotopic (exact) mass is 341 g/mol. The quantitative estimate of drug-likeness (QED) is 0.899. The highest BCUT2D eigenvalue weighted by Crippen LogP contribution is 2.38. The number of rotatable bonds is 3. The van der Waals surface area contributed by atoms with Crippen LogP contribution in [0.5, 0.6) is 0 Å². The number of amides is 2. The molecule has 1 aromatic carbocycles. The van der Waals surface area contributed by atoms with Crippen LogP contribution in [0.25, 0.3) is 11.4 Å². The van der Waals surface area contributed by atoms with Gasteiger partial charge in [-0.3, -0.25) is 5.10 Å². The van der Waals surface area contributed by atoms with Gasteiger partial charge in [-0.1, -0.05) is 12.1 Å². The van der Waals surface area contributed by atoms with Crippen molar-refractivity contribution in [3.8, 4) is 11.4 Å². The summed E-state index contributed by atoms with van der Waals surface area (Å²) in [6.45, 7) is 5.16. The van der Waals surface area contributed by atoms with E-state index in [2.05, 4.69) is 20.5 Å². The van der Waals surface area contributed by atoms with Crippen molar-refractivity contribution >= 4 is 11.7 Å². The average molecular weight is 341 g/mol. The SMILES string of the molecule is C[C@H]1CN(C(=O)Nc2cccc(-c3n[nH]c(C4CC4)n3)c2)C[C@H](C)O1. The molecule has 2 aliphatic rings. The molecule has 2 atom stereocenters. The molecule has 4 rings (SSSR count). The number of aromatic amines is 1. The summed E-state index contributed by atoms with van der Waals surface area (Å²) < 4.78 is 5.68. The highest BCUT2D eigenvalue weighted by atomic mass is 16.5. The third-order valence-electron chi connectivity index (χ3n) is 4.55. The number of nitrogens with zero attached hydrogens (tertiary/aromatic N) is 3. The summed E-state index contributed by atoms with van der Waals surface area (Å²) in [7, 11) is 0. The Kier molecular flexibility index (Phi) is 4.17. The predicted octanol–water partition coefficient (Wildman–Crippen LogP) is 2.99. The normalized spacial score (nSPS) is 23.5. The molecule has 2 amide bonds. The maximum atomic E-state index is 12.5. The van der Waals surface area contributed by atoms with Crippen LogP contribution in [-0.4, -0.2) is 51.4 Å². The minimum Gasteiger partial charge on any atom is -0.372 e. The van der Waals surface area contributed by atoms with Gasteiger partial charge in [0.25, 0.3) is 0 Å². The largest absolute Gasteiger partial charge is 0.372 e. The minimum atomic E-state index is -0.104. The molecular formula is C18H23N5O2. The summed E-state index contributed by atoms with van der Waals surface area (Å²) in [5, 5.41) is 10.3. The molecular weight excluding hydrogens is 318 g/mol. The number of anilines is 1. The van der Waals surface area contributed by atoms with E-state index in [1.165, 1.54) is 12.8 Å². The van der Waals surface area contributed by atoms with Gasteiger partial charge >= 0.3 is 6.03 Å². The van der Waals surface area contributed by atoms with Crippen molar-refractivity contribution in [2.75, 3.05) is 18.4 Å². The molecule has 2 fully saturated rings. The fourth-order valence-corrected chi connectivity index (χ4v) is 3.23. The van der Waals surface area contributed by atoms with E-state index in [0.717, 1.165) is 17.1 Å². The van der Waals surface area contributed by atoms with Gasteiger partial charge in [0.2, 0.25) is 0 Å². The lowest BCUT2D eigenvalue weighted by Gasteiger charge is -2.35. The summed E-state index contributed by atoms with van der Waals surface area (Å²) in [6.07, 6.45) is 2.47. The number of nitrogens with one attached hydrogen (secondary N) is 2. The molecule has 1 saturated carbocycles. The topological polar surface area (TPSA) is 83.1 Å². The fraction of sp³-hybridized carbons (Fsp3) is 0.500. The Bertz CT molecular complexity index is 760. The second-order valence-electron chi connectivity index (χ2n) is 6.99. The molecule has 25 heavy (non-hydrogen) atoms. The molecule has 0 unspecified atom stereocenters. The molecule has 0 bridgehead atoms. The van der Waals surface area contributed by atoms with Crippen LogP contribution in [0.4, 0.5) is 10.5 Å². The van der Waals surface area contributed by atoms with Gasteiger partial charge in [0.1, 0.15) is 5.82 Å². The van der Waals surface area contributed by atoms with Crippen LogP contribution in [0, 0.1) is 0 Å². The lowest BCUT2D eigenvalue weighted by atomic mass is 10.2. The van der Waals surface area contributed by atoms with Crippen molar-refractivity contribution in [1.29, 1.82) is 0 Å². The highest BCUT2D eigenvalue weighted by molar-refractivity contribution is 5.90. The van der Waals surface area contributed by atoms with E-state index in [4.69, 9.17) is 4.74 Å². The van der Waals surface area contributed by atoms with E-state index in [1.807, 2.05) is 38.1 Å². The number of aromatic nitrogens is 3. The van der Waals surface area contributed by atoms with Crippen molar-refractivity contribution in [1.82, 2.24) is 20.1 Å². The third kappa shape index (κ3) is 3.66. The summed E-state index contributed by atoms with van der Waals surface area (Å²) in [5.41, 5.74) is 1.64. The van der Waals surface area contributed by atoms with Gasteiger partial charge in [-0.15, -0.1) is 0 Å². The van der Waals surface area contributed by atoms with Crippen LogP contribution in [0.1, 0.15) is 38.4 Å². The zero-order valence-corrected chi connectivity index (χ0v) is 14.5. The summed E-state index contributed by atoms with van der Waals surface area (Å²) in [4.78, 5) is 18.9. The summed E-state index contributed by atoms with van der Waals surface area (Å²) in [6, 6.07) is 7.54. The first-order valence-corrected chi connectivity index (χ1v) is 8.82. The molecule has 2 N–H and O–H groups in total. The zero-order valence-electron chi connectivity index (χ0n) is 14.5. The van der Waals surface area contributed by atoms with Crippen molar-refractivity contribution in [2.24, 2.45) is 0 Å². The van der Waals surface area contributed by atoms with E-state index >= 15 is 0 Å². The first kappa shape index (κ1) is 16.1. The Morgan fingerprint density at radius 1 is 1.28 bits per heavy atom. The van der Waals surface area contributed by atoms with Crippen LogP contribution in [0.15, 0.2) is 24.3 Å². The van der Waals surface area contributed by atoms with Crippen molar-refractivity contribution < 1.29 is 9.53 Å². The third-order valence-corrected chi connectivity index (χ3v) is 4.55. The average Bonchev–Trinajstić information content (AvgIpc) is 3.31. The molecule has 2 aromatic rings. The van der Waals surface area contributed by atoms with Crippen LogP contribution >= 0.6 is 0 Å². The van der Waals surface area contributed by atoms with Crippen molar-refractivity contribution in [2.45, 2.75) is 44.8 Å². The smallest absolute Gasteiger partial charge is 0.322 e. The van der Waals surface area contributed by atoms with Gasteiger partial charge in [-0.05, 0) is 38.8 Å². The summed E-state index contributed by atoms with van der Waals surface area (Å²) in [5.74, 6) is 2.17. The number of benzene rings is 1. The number of hydrogen-bond acceptors (Lipinski definition) is 4. The Labute approximate surface area is 146 Å².